The SMILES string of the molecule is CN(C)CCCCCOC1CCN(Cc2ccccc2)CC1. The second-order valence-corrected chi connectivity index (χ2v) is 6.70. The Morgan fingerprint density at radius 2 is 1.77 bits per heavy atom. The number of piperidine rings is 1. The fourth-order valence-corrected chi connectivity index (χ4v) is 3.03. The van der Waals surface area contributed by atoms with Gasteiger partial charge in [-0.2, -0.15) is 0 Å². The van der Waals surface area contributed by atoms with Crippen LogP contribution in [0.15, 0.2) is 30.3 Å². The number of nitrogens with zero attached hydrogens (tertiary/aromatic N) is 2. The molecule has 1 heterocycles. The summed E-state index contributed by atoms with van der Waals surface area (Å²) < 4.78 is 6.05. The van der Waals surface area contributed by atoms with Gasteiger partial charge in [0.1, 0.15) is 0 Å². The van der Waals surface area contributed by atoms with Crippen LogP contribution >= 0.6 is 0 Å². The molecule has 0 spiro atoms. The summed E-state index contributed by atoms with van der Waals surface area (Å²) in [6, 6.07) is 10.8. The number of ether oxygens (including phenoxy) is 1. The smallest absolute Gasteiger partial charge is 0.0599 e. The molecule has 3 nitrogen and oxygen atoms in total. The zero-order chi connectivity index (χ0) is 15.6. The van der Waals surface area contributed by atoms with Gasteiger partial charge in [-0.25, -0.2) is 0 Å². The van der Waals surface area contributed by atoms with Crippen molar-refractivity contribution in [2.24, 2.45) is 0 Å². The van der Waals surface area contributed by atoms with Crippen LogP contribution in [-0.2, 0) is 11.3 Å². The Morgan fingerprint density at radius 1 is 1.05 bits per heavy atom. The van der Waals surface area contributed by atoms with Crippen LogP contribution in [0.1, 0.15) is 37.7 Å². The van der Waals surface area contributed by atoms with Crippen LogP contribution < -0.4 is 0 Å². The van der Waals surface area contributed by atoms with E-state index in [2.05, 4.69) is 54.2 Å². The average molecular weight is 304 g/mol. The standard InChI is InChI=1S/C19H32N2O/c1-20(2)13-7-4-8-16-22-19-11-14-21(15-12-19)17-18-9-5-3-6-10-18/h3,5-6,9-10,19H,4,7-8,11-17H2,1-2H3. The van der Waals surface area contributed by atoms with E-state index in [1.807, 2.05) is 0 Å². The number of likely N-dealkylation sites (tertiary alicyclic amines) is 1. The average Bonchev–Trinajstić information content (AvgIpc) is 2.53. The topological polar surface area (TPSA) is 15.7 Å². The first-order valence-electron chi connectivity index (χ1n) is 8.76. The summed E-state index contributed by atoms with van der Waals surface area (Å²) in [6.45, 7) is 5.55. The van der Waals surface area contributed by atoms with Gasteiger partial charge in [0.2, 0.25) is 0 Å². The van der Waals surface area contributed by atoms with Crippen molar-refractivity contribution in [3.63, 3.8) is 0 Å². The first-order valence-corrected chi connectivity index (χ1v) is 8.76. The number of hydrogen-bond donors (Lipinski definition) is 0. The number of unbranched alkanes of at least 4 members (excludes halogenated alkanes) is 2. The Labute approximate surface area is 136 Å². The van der Waals surface area contributed by atoms with Crippen LogP contribution in [-0.4, -0.2) is 56.2 Å². The molecule has 1 aliphatic rings. The lowest BCUT2D eigenvalue weighted by Crippen LogP contribution is -2.36. The molecule has 22 heavy (non-hydrogen) atoms. The van der Waals surface area contributed by atoms with Crippen LogP contribution in [0.5, 0.6) is 0 Å². The third kappa shape index (κ3) is 6.91. The maximum Gasteiger partial charge on any atom is 0.0599 e. The van der Waals surface area contributed by atoms with Gasteiger partial charge in [0.25, 0.3) is 0 Å². The first kappa shape index (κ1) is 17.5. The van der Waals surface area contributed by atoms with Crippen LogP contribution in [0.4, 0.5) is 0 Å². The highest BCUT2D eigenvalue weighted by atomic mass is 16.5. The summed E-state index contributed by atoms with van der Waals surface area (Å²) in [4.78, 5) is 4.80. The van der Waals surface area contributed by atoms with Gasteiger partial charge >= 0.3 is 0 Å². The second kappa shape index (κ2) is 9.98. The van der Waals surface area contributed by atoms with Gasteiger partial charge in [0.05, 0.1) is 6.10 Å². The normalized spacial score (nSPS) is 17.2. The molecule has 0 amide bonds. The molecule has 3 heteroatoms. The predicted octanol–water partition coefficient (Wildman–Crippen LogP) is 3.40. The molecular weight excluding hydrogens is 272 g/mol. The molecule has 0 bridgehead atoms. The molecule has 1 aromatic rings. The van der Waals surface area contributed by atoms with E-state index in [-0.39, 0.29) is 0 Å². The zero-order valence-corrected chi connectivity index (χ0v) is 14.3. The molecule has 124 valence electrons. The third-order valence-corrected chi connectivity index (χ3v) is 4.39. The Hall–Kier alpha value is -0.900. The van der Waals surface area contributed by atoms with Crippen molar-refractivity contribution in [2.75, 3.05) is 40.3 Å². The number of rotatable bonds is 9. The lowest BCUT2D eigenvalue weighted by Gasteiger charge is -2.32. The molecular formula is C19H32N2O. The monoisotopic (exact) mass is 304 g/mol. The maximum absolute atomic E-state index is 6.05. The Bertz CT molecular complexity index is 386. The summed E-state index contributed by atoms with van der Waals surface area (Å²) in [5.41, 5.74) is 1.42. The Morgan fingerprint density at radius 3 is 2.45 bits per heavy atom. The van der Waals surface area contributed by atoms with Gasteiger partial charge in [-0.05, 0) is 58.3 Å². The predicted molar refractivity (Wildman–Crippen MR) is 93.1 cm³/mol. The molecule has 1 saturated heterocycles. The quantitative estimate of drug-likeness (QED) is 0.650. The first-order chi connectivity index (χ1) is 10.7. The molecule has 1 aliphatic heterocycles. The minimum atomic E-state index is 0.487. The van der Waals surface area contributed by atoms with Gasteiger partial charge in [0, 0.05) is 26.2 Å². The highest BCUT2D eigenvalue weighted by molar-refractivity contribution is 5.14. The van der Waals surface area contributed by atoms with Gasteiger partial charge in [0.15, 0.2) is 0 Å². The summed E-state index contributed by atoms with van der Waals surface area (Å²) >= 11 is 0. The highest BCUT2D eigenvalue weighted by Crippen LogP contribution is 2.16. The molecule has 0 aromatic heterocycles. The van der Waals surface area contributed by atoms with E-state index in [1.165, 1.54) is 57.3 Å². The van der Waals surface area contributed by atoms with Crippen molar-refractivity contribution in [1.82, 2.24) is 9.80 Å². The van der Waals surface area contributed by atoms with Crippen molar-refractivity contribution in [1.29, 1.82) is 0 Å². The molecule has 0 aliphatic carbocycles. The fourth-order valence-electron chi connectivity index (χ4n) is 3.03. The molecule has 1 fully saturated rings. The van der Waals surface area contributed by atoms with E-state index < -0.39 is 0 Å². The lowest BCUT2D eigenvalue weighted by atomic mass is 10.1. The molecule has 0 radical (unpaired) electrons. The van der Waals surface area contributed by atoms with E-state index >= 15 is 0 Å². The maximum atomic E-state index is 6.05. The highest BCUT2D eigenvalue weighted by Gasteiger charge is 2.19. The number of hydrogen-bond acceptors (Lipinski definition) is 3. The van der Waals surface area contributed by atoms with Gasteiger partial charge in [-0.3, -0.25) is 4.90 Å². The van der Waals surface area contributed by atoms with Gasteiger partial charge < -0.3 is 9.64 Å². The lowest BCUT2D eigenvalue weighted by molar-refractivity contribution is 0.00420. The third-order valence-electron chi connectivity index (χ3n) is 4.39. The summed E-state index contributed by atoms with van der Waals surface area (Å²) in [7, 11) is 4.28. The minimum Gasteiger partial charge on any atom is -0.378 e. The van der Waals surface area contributed by atoms with Crippen molar-refractivity contribution in [3.05, 3.63) is 35.9 Å². The Balaban J connectivity index is 1.52. The van der Waals surface area contributed by atoms with Gasteiger partial charge in [-0.15, -0.1) is 0 Å². The number of benzene rings is 1. The van der Waals surface area contributed by atoms with Crippen LogP contribution in [0.25, 0.3) is 0 Å². The molecule has 0 N–H and O–H groups in total. The van der Waals surface area contributed by atoms with Crippen molar-refractivity contribution < 1.29 is 4.74 Å². The van der Waals surface area contributed by atoms with Crippen molar-refractivity contribution in [3.8, 4) is 0 Å². The summed E-state index contributed by atoms with van der Waals surface area (Å²) in [6.07, 6.45) is 6.63. The minimum absolute atomic E-state index is 0.487. The van der Waals surface area contributed by atoms with Crippen molar-refractivity contribution in [2.45, 2.75) is 44.8 Å². The summed E-state index contributed by atoms with van der Waals surface area (Å²) in [5, 5.41) is 0. The Kier molecular flexibility index (Phi) is 7.92. The zero-order valence-electron chi connectivity index (χ0n) is 14.3. The van der Waals surface area contributed by atoms with E-state index in [0.717, 1.165) is 13.2 Å². The van der Waals surface area contributed by atoms with E-state index in [0.29, 0.717) is 6.10 Å². The van der Waals surface area contributed by atoms with Crippen LogP contribution in [0, 0.1) is 0 Å². The van der Waals surface area contributed by atoms with E-state index in [4.69, 9.17) is 4.74 Å². The van der Waals surface area contributed by atoms with E-state index in [9.17, 15) is 0 Å². The molecule has 0 saturated carbocycles. The molecule has 0 atom stereocenters. The van der Waals surface area contributed by atoms with E-state index in [1.54, 1.807) is 0 Å². The van der Waals surface area contributed by atoms with Crippen molar-refractivity contribution >= 4 is 0 Å². The van der Waals surface area contributed by atoms with Crippen LogP contribution in [0.3, 0.4) is 0 Å². The van der Waals surface area contributed by atoms with Gasteiger partial charge in [-0.1, -0.05) is 30.3 Å². The fraction of sp³-hybridized carbons (Fsp3) is 0.684. The molecule has 2 rings (SSSR count). The second-order valence-electron chi connectivity index (χ2n) is 6.70. The largest absolute Gasteiger partial charge is 0.378 e. The molecule has 1 aromatic carbocycles. The van der Waals surface area contributed by atoms with Crippen LogP contribution in [0.2, 0.25) is 0 Å². The molecule has 0 unspecified atom stereocenters. The summed E-state index contributed by atoms with van der Waals surface area (Å²) in [5.74, 6) is 0.